The summed E-state index contributed by atoms with van der Waals surface area (Å²) in [5, 5.41) is 37.1. The SMILES string of the molecule is CC(C)N(C(C)C)P(OCCC#N)OCCCCCCNC(=O)[C@H](Cc1cn(-c2ccc([N+](=O)[O-])cc2[N+](=O)[O-])cn1)NC(=O)OC(C)(C)C. The first-order chi connectivity index (χ1) is 23.5. The number of unbranched alkanes of at least 4 members (excludes halogenated alkanes) is 3. The van der Waals surface area contributed by atoms with Crippen LogP contribution in [0.5, 0.6) is 0 Å². The molecule has 0 radical (unpaired) electrons. The standard InChI is InChI=1S/C32H49N8O9P/c1-23(2)38(24(3)4)50(48-18-12-15-33)47-17-11-9-8-10-16-34-30(41)27(36-31(42)49-32(5,6)7)19-25-21-37(22-35-25)28-14-13-26(39(43)44)20-29(28)40(45)46/h13-14,20-24,27H,8-12,16-19H2,1-7H3,(H,34,41)(H,36,42)/t27-,50?/m0/s1. The number of non-ortho nitro benzene ring substituents is 1. The Labute approximate surface area is 293 Å². The van der Waals surface area contributed by atoms with Gasteiger partial charge < -0.3 is 24.4 Å². The number of carbonyl (C=O) groups is 2. The fourth-order valence-electron chi connectivity index (χ4n) is 4.83. The molecule has 0 fully saturated rings. The second-order valence-electron chi connectivity index (χ2n) is 12.9. The minimum absolute atomic E-state index is 0.0474. The van der Waals surface area contributed by atoms with Crippen LogP contribution in [0.3, 0.4) is 0 Å². The van der Waals surface area contributed by atoms with Crippen molar-refractivity contribution in [1.82, 2.24) is 24.9 Å². The molecule has 1 heterocycles. The Balaban J connectivity index is 1.99. The number of nitriles is 1. The van der Waals surface area contributed by atoms with Crippen LogP contribution in [-0.4, -0.2) is 79.6 Å². The van der Waals surface area contributed by atoms with Crippen LogP contribution in [0, 0.1) is 31.6 Å². The Morgan fingerprint density at radius 3 is 2.30 bits per heavy atom. The monoisotopic (exact) mass is 720 g/mol. The number of ether oxygens (including phenoxy) is 1. The quantitative estimate of drug-likeness (QED) is 0.0648. The van der Waals surface area contributed by atoms with E-state index in [1.165, 1.54) is 23.2 Å². The summed E-state index contributed by atoms with van der Waals surface area (Å²) in [4.78, 5) is 51.4. The number of benzene rings is 1. The van der Waals surface area contributed by atoms with E-state index < -0.39 is 53.4 Å². The Bertz CT molecular complexity index is 1460. The van der Waals surface area contributed by atoms with Crippen molar-refractivity contribution in [3.05, 3.63) is 56.6 Å². The Hall–Kier alpha value is -4.23. The van der Waals surface area contributed by atoms with Crippen LogP contribution in [0.4, 0.5) is 16.2 Å². The molecule has 50 heavy (non-hydrogen) atoms. The zero-order valence-electron chi connectivity index (χ0n) is 29.8. The molecule has 0 spiro atoms. The molecule has 1 aromatic carbocycles. The minimum Gasteiger partial charge on any atom is -0.444 e. The number of rotatable bonds is 21. The lowest BCUT2D eigenvalue weighted by Crippen LogP contribution is -2.49. The van der Waals surface area contributed by atoms with Crippen molar-refractivity contribution >= 4 is 31.9 Å². The van der Waals surface area contributed by atoms with Gasteiger partial charge in [0.25, 0.3) is 19.9 Å². The average molecular weight is 721 g/mol. The fourth-order valence-corrected chi connectivity index (χ4v) is 6.46. The first-order valence-electron chi connectivity index (χ1n) is 16.5. The first-order valence-corrected chi connectivity index (χ1v) is 17.6. The molecule has 17 nitrogen and oxygen atoms in total. The molecule has 18 heteroatoms. The molecule has 2 aromatic rings. The first kappa shape index (κ1) is 41.9. The van der Waals surface area contributed by atoms with Gasteiger partial charge >= 0.3 is 6.09 Å². The van der Waals surface area contributed by atoms with Crippen molar-refractivity contribution in [2.75, 3.05) is 19.8 Å². The summed E-state index contributed by atoms with van der Waals surface area (Å²) in [5.41, 5.74) is -1.35. The van der Waals surface area contributed by atoms with Gasteiger partial charge in [-0.2, -0.15) is 5.26 Å². The summed E-state index contributed by atoms with van der Waals surface area (Å²) in [5.74, 6) is -0.460. The van der Waals surface area contributed by atoms with Gasteiger partial charge in [0.1, 0.15) is 17.3 Å². The molecule has 0 saturated heterocycles. The van der Waals surface area contributed by atoms with Gasteiger partial charge in [-0.25, -0.2) is 14.4 Å². The number of carbonyl (C=O) groups excluding carboxylic acids is 2. The van der Waals surface area contributed by atoms with Gasteiger partial charge in [0.15, 0.2) is 0 Å². The van der Waals surface area contributed by atoms with Crippen LogP contribution in [0.25, 0.3) is 5.69 Å². The van der Waals surface area contributed by atoms with Gasteiger partial charge in [-0.3, -0.25) is 29.6 Å². The summed E-state index contributed by atoms with van der Waals surface area (Å²) >= 11 is 0. The highest BCUT2D eigenvalue weighted by Gasteiger charge is 2.28. The third-order valence-corrected chi connectivity index (χ3v) is 9.04. The van der Waals surface area contributed by atoms with E-state index in [0.717, 1.165) is 31.4 Å². The molecule has 2 amide bonds. The average Bonchev–Trinajstić information content (AvgIpc) is 3.48. The second-order valence-corrected chi connectivity index (χ2v) is 14.4. The molecule has 2 N–H and O–H groups in total. The highest BCUT2D eigenvalue weighted by atomic mass is 31.2. The predicted molar refractivity (Wildman–Crippen MR) is 186 cm³/mol. The van der Waals surface area contributed by atoms with E-state index in [-0.39, 0.29) is 24.2 Å². The number of hydrogen-bond acceptors (Lipinski definition) is 12. The molecular weight excluding hydrogens is 671 g/mol. The minimum atomic E-state index is -1.30. The van der Waals surface area contributed by atoms with Gasteiger partial charge in [0.2, 0.25) is 5.91 Å². The number of nitro benzene ring substituents is 2. The summed E-state index contributed by atoms with van der Waals surface area (Å²) in [6, 6.07) is 4.70. The second kappa shape index (κ2) is 20.4. The van der Waals surface area contributed by atoms with E-state index in [1.807, 2.05) is 0 Å². The van der Waals surface area contributed by atoms with Crippen LogP contribution in [0.15, 0.2) is 30.7 Å². The van der Waals surface area contributed by atoms with Crippen LogP contribution in [0.2, 0.25) is 0 Å². The van der Waals surface area contributed by atoms with Crippen molar-refractivity contribution in [1.29, 1.82) is 5.26 Å². The molecule has 1 unspecified atom stereocenters. The van der Waals surface area contributed by atoms with Crippen molar-refractivity contribution in [3.8, 4) is 11.8 Å². The lowest BCUT2D eigenvalue weighted by atomic mass is 10.1. The van der Waals surface area contributed by atoms with Crippen molar-refractivity contribution in [2.45, 2.75) is 111 Å². The largest absolute Gasteiger partial charge is 0.444 e. The van der Waals surface area contributed by atoms with E-state index in [1.54, 1.807) is 20.8 Å². The van der Waals surface area contributed by atoms with E-state index in [2.05, 4.69) is 54.1 Å². The number of imidazole rings is 1. The molecule has 0 aliphatic heterocycles. The van der Waals surface area contributed by atoms with Crippen LogP contribution in [-0.2, 0) is 25.0 Å². The van der Waals surface area contributed by atoms with Crippen LogP contribution < -0.4 is 10.6 Å². The van der Waals surface area contributed by atoms with Gasteiger partial charge in [0.05, 0.1) is 53.6 Å². The van der Waals surface area contributed by atoms with E-state index >= 15 is 0 Å². The smallest absolute Gasteiger partial charge is 0.408 e. The molecule has 2 atom stereocenters. The van der Waals surface area contributed by atoms with E-state index in [4.69, 9.17) is 19.0 Å². The molecule has 1 aromatic heterocycles. The molecule has 0 bridgehead atoms. The number of alkyl carbamates (subject to hydrolysis) is 1. The maximum absolute atomic E-state index is 13.2. The normalized spacial score (nSPS) is 12.8. The number of nitrogens with zero attached hydrogens (tertiary/aromatic N) is 6. The predicted octanol–water partition coefficient (Wildman–Crippen LogP) is 6.09. The zero-order valence-corrected chi connectivity index (χ0v) is 30.7. The molecule has 2 rings (SSSR count). The number of aromatic nitrogens is 2. The van der Waals surface area contributed by atoms with E-state index in [9.17, 15) is 29.8 Å². The number of amides is 2. The van der Waals surface area contributed by atoms with Crippen LogP contribution >= 0.6 is 8.53 Å². The topological polar surface area (TPSA) is 217 Å². The van der Waals surface area contributed by atoms with Crippen molar-refractivity contribution in [3.63, 3.8) is 0 Å². The molecule has 276 valence electrons. The number of nitro groups is 2. The lowest BCUT2D eigenvalue weighted by Gasteiger charge is -2.35. The van der Waals surface area contributed by atoms with Crippen molar-refractivity contribution < 1.29 is 33.2 Å². The van der Waals surface area contributed by atoms with Gasteiger partial charge in [-0.15, -0.1) is 0 Å². The van der Waals surface area contributed by atoms with Crippen molar-refractivity contribution in [2.24, 2.45) is 0 Å². The number of hydrogen-bond donors (Lipinski definition) is 2. The Kier molecular flexibility index (Phi) is 17.1. The third-order valence-electron chi connectivity index (χ3n) is 6.94. The maximum Gasteiger partial charge on any atom is 0.408 e. The lowest BCUT2D eigenvalue weighted by molar-refractivity contribution is -0.394. The highest BCUT2D eigenvalue weighted by Crippen LogP contribution is 2.46. The van der Waals surface area contributed by atoms with E-state index in [0.29, 0.717) is 38.3 Å². The fraction of sp³-hybridized carbons (Fsp3) is 0.625. The van der Waals surface area contributed by atoms with Gasteiger partial charge in [-0.05, 0) is 67.4 Å². The van der Waals surface area contributed by atoms with Crippen LogP contribution in [0.1, 0.15) is 86.3 Å². The Morgan fingerprint density at radius 2 is 1.70 bits per heavy atom. The van der Waals surface area contributed by atoms with Gasteiger partial charge in [0, 0.05) is 37.3 Å². The third kappa shape index (κ3) is 14.3. The summed E-state index contributed by atoms with van der Waals surface area (Å²) in [7, 11) is -1.30. The summed E-state index contributed by atoms with van der Waals surface area (Å²) in [6.07, 6.45) is 5.33. The number of nitrogens with one attached hydrogen (secondary N) is 2. The highest BCUT2D eigenvalue weighted by molar-refractivity contribution is 7.44. The molecule has 0 saturated carbocycles. The maximum atomic E-state index is 13.2. The summed E-state index contributed by atoms with van der Waals surface area (Å²) in [6.45, 7) is 14.6. The molecule has 0 aliphatic rings. The molecular formula is C32H49N8O9P. The molecule has 0 aliphatic carbocycles. The van der Waals surface area contributed by atoms with Gasteiger partial charge in [-0.1, -0.05) is 12.8 Å². The summed E-state index contributed by atoms with van der Waals surface area (Å²) < 4.78 is 20.9. The Morgan fingerprint density at radius 1 is 1.04 bits per heavy atom. The zero-order chi connectivity index (χ0) is 37.4.